The molecule has 134 valence electrons. The Bertz CT molecular complexity index is 721. The summed E-state index contributed by atoms with van der Waals surface area (Å²) in [5, 5.41) is 2.72. The SMILES string of the molecule is Cc1cc(C)c(C(=O)N2CCN(C(=O)C3CCC(=O)N3)CC2)cc1C. The molecule has 2 aliphatic heterocycles. The number of amides is 3. The first-order valence-corrected chi connectivity index (χ1v) is 8.82. The van der Waals surface area contributed by atoms with Crippen molar-refractivity contribution in [2.45, 2.75) is 39.7 Å². The Morgan fingerprint density at radius 3 is 2.16 bits per heavy atom. The van der Waals surface area contributed by atoms with Gasteiger partial charge in [0.05, 0.1) is 0 Å². The number of carbonyl (C=O) groups is 3. The van der Waals surface area contributed by atoms with Crippen LogP contribution < -0.4 is 5.32 Å². The third-order valence-electron chi connectivity index (χ3n) is 5.24. The van der Waals surface area contributed by atoms with E-state index in [1.165, 1.54) is 5.56 Å². The molecule has 2 saturated heterocycles. The van der Waals surface area contributed by atoms with E-state index in [1.54, 1.807) is 4.90 Å². The number of hydrogen-bond donors (Lipinski definition) is 1. The van der Waals surface area contributed by atoms with Gasteiger partial charge in [-0.1, -0.05) is 6.07 Å². The van der Waals surface area contributed by atoms with Gasteiger partial charge in [0, 0.05) is 38.2 Å². The Kier molecular flexibility index (Phi) is 4.79. The van der Waals surface area contributed by atoms with E-state index in [1.807, 2.05) is 37.8 Å². The number of nitrogens with one attached hydrogen (secondary N) is 1. The quantitative estimate of drug-likeness (QED) is 0.876. The van der Waals surface area contributed by atoms with E-state index in [-0.39, 0.29) is 17.7 Å². The van der Waals surface area contributed by atoms with E-state index >= 15 is 0 Å². The first-order chi connectivity index (χ1) is 11.9. The van der Waals surface area contributed by atoms with Crippen LogP contribution >= 0.6 is 0 Å². The number of piperazine rings is 1. The molecule has 3 rings (SSSR count). The van der Waals surface area contributed by atoms with Crippen molar-refractivity contribution in [2.24, 2.45) is 0 Å². The van der Waals surface area contributed by atoms with Crippen molar-refractivity contribution >= 4 is 17.7 Å². The number of nitrogens with zero attached hydrogens (tertiary/aromatic N) is 2. The average Bonchev–Trinajstić information content (AvgIpc) is 3.03. The highest BCUT2D eigenvalue weighted by Crippen LogP contribution is 2.19. The number of hydrogen-bond acceptors (Lipinski definition) is 3. The fourth-order valence-corrected chi connectivity index (χ4v) is 3.51. The molecule has 6 nitrogen and oxygen atoms in total. The second-order valence-corrected chi connectivity index (χ2v) is 7.03. The molecule has 3 amide bonds. The van der Waals surface area contributed by atoms with Gasteiger partial charge in [-0.15, -0.1) is 0 Å². The molecule has 0 radical (unpaired) electrons. The molecule has 2 heterocycles. The minimum Gasteiger partial charge on any atom is -0.344 e. The number of aryl methyl sites for hydroxylation is 3. The Labute approximate surface area is 148 Å². The van der Waals surface area contributed by atoms with Gasteiger partial charge in [-0.25, -0.2) is 0 Å². The highest BCUT2D eigenvalue weighted by Gasteiger charge is 2.33. The summed E-state index contributed by atoms with van der Waals surface area (Å²) >= 11 is 0. The lowest BCUT2D eigenvalue weighted by molar-refractivity contribution is -0.135. The second-order valence-electron chi connectivity index (χ2n) is 7.03. The van der Waals surface area contributed by atoms with Gasteiger partial charge in [-0.2, -0.15) is 0 Å². The predicted molar refractivity (Wildman–Crippen MR) is 94.3 cm³/mol. The summed E-state index contributed by atoms with van der Waals surface area (Å²) in [6, 6.07) is 3.61. The lowest BCUT2D eigenvalue weighted by Gasteiger charge is -2.36. The molecule has 1 unspecified atom stereocenters. The summed E-state index contributed by atoms with van der Waals surface area (Å²) < 4.78 is 0. The Morgan fingerprint density at radius 2 is 1.56 bits per heavy atom. The first kappa shape index (κ1) is 17.5. The molecular formula is C19H25N3O3. The first-order valence-electron chi connectivity index (χ1n) is 8.82. The van der Waals surface area contributed by atoms with Crippen LogP contribution in [-0.2, 0) is 9.59 Å². The van der Waals surface area contributed by atoms with Gasteiger partial charge in [-0.05, 0) is 49.9 Å². The predicted octanol–water partition coefficient (Wildman–Crippen LogP) is 1.17. The van der Waals surface area contributed by atoms with E-state index in [0.717, 1.165) is 16.7 Å². The second kappa shape index (κ2) is 6.86. The van der Waals surface area contributed by atoms with Crippen LogP contribution in [0, 0.1) is 20.8 Å². The van der Waals surface area contributed by atoms with Crippen molar-refractivity contribution in [1.29, 1.82) is 0 Å². The van der Waals surface area contributed by atoms with Crippen LogP contribution in [0.15, 0.2) is 12.1 Å². The highest BCUT2D eigenvalue weighted by molar-refractivity contribution is 5.96. The van der Waals surface area contributed by atoms with Gasteiger partial charge < -0.3 is 15.1 Å². The average molecular weight is 343 g/mol. The molecule has 0 aromatic heterocycles. The van der Waals surface area contributed by atoms with Gasteiger partial charge in [0.2, 0.25) is 11.8 Å². The summed E-state index contributed by atoms with van der Waals surface area (Å²) in [5.74, 6) is -0.0560. The Hall–Kier alpha value is -2.37. The lowest BCUT2D eigenvalue weighted by Crippen LogP contribution is -2.54. The van der Waals surface area contributed by atoms with Crippen molar-refractivity contribution in [2.75, 3.05) is 26.2 Å². The molecule has 0 bridgehead atoms. The maximum atomic E-state index is 12.8. The van der Waals surface area contributed by atoms with Crippen LogP contribution in [-0.4, -0.2) is 59.7 Å². The van der Waals surface area contributed by atoms with E-state index in [2.05, 4.69) is 5.32 Å². The monoisotopic (exact) mass is 343 g/mol. The van der Waals surface area contributed by atoms with Crippen molar-refractivity contribution in [3.8, 4) is 0 Å². The van der Waals surface area contributed by atoms with Crippen LogP contribution in [0.3, 0.4) is 0 Å². The molecular weight excluding hydrogens is 318 g/mol. The van der Waals surface area contributed by atoms with Crippen molar-refractivity contribution in [3.63, 3.8) is 0 Å². The fraction of sp³-hybridized carbons (Fsp3) is 0.526. The van der Waals surface area contributed by atoms with Crippen LogP contribution in [0.4, 0.5) is 0 Å². The van der Waals surface area contributed by atoms with Crippen molar-refractivity contribution in [1.82, 2.24) is 15.1 Å². The van der Waals surface area contributed by atoms with Gasteiger partial charge in [0.15, 0.2) is 0 Å². The summed E-state index contributed by atoms with van der Waals surface area (Å²) in [4.78, 5) is 40.1. The van der Waals surface area contributed by atoms with E-state index in [4.69, 9.17) is 0 Å². The van der Waals surface area contributed by atoms with Crippen LogP contribution in [0.1, 0.15) is 39.9 Å². The molecule has 25 heavy (non-hydrogen) atoms. The molecule has 0 spiro atoms. The zero-order valence-electron chi connectivity index (χ0n) is 15.1. The van der Waals surface area contributed by atoms with E-state index in [0.29, 0.717) is 39.0 Å². The topological polar surface area (TPSA) is 69.7 Å². The lowest BCUT2D eigenvalue weighted by atomic mass is 10.00. The summed E-state index contributed by atoms with van der Waals surface area (Å²) in [6.45, 7) is 8.10. The van der Waals surface area contributed by atoms with Gasteiger partial charge in [-0.3, -0.25) is 14.4 Å². The minimum absolute atomic E-state index is 0.0275. The number of benzene rings is 1. The Balaban J connectivity index is 1.62. The minimum atomic E-state index is -0.392. The summed E-state index contributed by atoms with van der Waals surface area (Å²) in [7, 11) is 0. The van der Waals surface area contributed by atoms with Crippen LogP contribution in [0.2, 0.25) is 0 Å². The molecule has 2 fully saturated rings. The maximum absolute atomic E-state index is 12.8. The summed E-state index contributed by atoms with van der Waals surface area (Å²) in [5.41, 5.74) is 4.02. The zero-order valence-corrected chi connectivity index (χ0v) is 15.1. The van der Waals surface area contributed by atoms with Crippen molar-refractivity contribution < 1.29 is 14.4 Å². The molecule has 1 N–H and O–H groups in total. The zero-order chi connectivity index (χ0) is 18.1. The summed E-state index contributed by atoms with van der Waals surface area (Å²) in [6.07, 6.45) is 0.986. The third-order valence-corrected chi connectivity index (χ3v) is 5.24. The molecule has 6 heteroatoms. The maximum Gasteiger partial charge on any atom is 0.254 e. The van der Waals surface area contributed by atoms with E-state index < -0.39 is 6.04 Å². The van der Waals surface area contributed by atoms with Gasteiger partial charge in [0.25, 0.3) is 5.91 Å². The smallest absolute Gasteiger partial charge is 0.254 e. The molecule has 0 aliphatic carbocycles. The Morgan fingerprint density at radius 1 is 0.960 bits per heavy atom. The van der Waals surface area contributed by atoms with E-state index in [9.17, 15) is 14.4 Å². The molecule has 0 saturated carbocycles. The van der Waals surface area contributed by atoms with Crippen molar-refractivity contribution in [3.05, 3.63) is 34.4 Å². The standard InChI is InChI=1S/C19H25N3O3/c1-12-10-14(3)15(11-13(12)2)18(24)21-6-8-22(9-7-21)19(25)16-4-5-17(23)20-16/h10-11,16H,4-9H2,1-3H3,(H,20,23). The molecule has 1 atom stereocenters. The van der Waals surface area contributed by atoms with Gasteiger partial charge >= 0.3 is 0 Å². The molecule has 2 aliphatic rings. The van der Waals surface area contributed by atoms with Crippen LogP contribution in [0.25, 0.3) is 0 Å². The highest BCUT2D eigenvalue weighted by atomic mass is 16.2. The largest absolute Gasteiger partial charge is 0.344 e. The fourth-order valence-electron chi connectivity index (χ4n) is 3.51. The number of carbonyl (C=O) groups excluding carboxylic acids is 3. The normalized spacial score (nSPS) is 20.6. The molecule has 1 aromatic rings. The third kappa shape index (κ3) is 3.52. The van der Waals surface area contributed by atoms with Gasteiger partial charge in [0.1, 0.15) is 6.04 Å². The van der Waals surface area contributed by atoms with Crippen LogP contribution in [0.5, 0.6) is 0 Å². The molecule has 1 aromatic carbocycles. The number of rotatable bonds is 2.